The standard InChI is InChI=1S/C27H15F11N2O2/c1-24(28,29)12-2-6-14(7-3-12)39-10-16-17(11-39)21(27(36,37)38)19-18(20(16)26(33,34)35)22(41)40(23(19)42)15-8-4-13(5-9-15)25(30,31)32/h2-9H,10-11H2,1H3. The number of hydrogen-bond acceptors (Lipinski definition) is 3. The third kappa shape index (κ3) is 4.73. The monoisotopic (exact) mass is 608 g/mol. The maximum atomic E-state index is 14.5. The van der Waals surface area contributed by atoms with Crippen LogP contribution < -0.4 is 9.80 Å². The lowest BCUT2D eigenvalue weighted by Gasteiger charge is -2.20. The van der Waals surface area contributed by atoms with Gasteiger partial charge in [-0.2, -0.15) is 39.5 Å². The molecule has 4 nitrogen and oxygen atoms in total. The molecule has 5 rings (SSSR count). The van der Waals surface area contributed by atoms with Crippen molar-refractivity contribution < 1.29 is 57.9 Å². The van der Waals surface area contributed by atoms with Gasteiger partial charge in [0.2, 0.25) is 0 Å². The van der Waals surface area contributed by atoms with Crippen LogP contribution in [0.25, 0.3) is 0 Å². The second kappa shape index (κ2) is 9.16. The number of halogens is 11. The van der Waals surface area contributed by atoms with Crippen LogP contribution in [0.1, 0.15) is 61.0 Å². The highest BCUT2D eigenvalue weighted by Gasteiger charge is 2.54. The van der Waals surface area contributed by atoms with Gasteiger partial charge in [0.1, 0.15) is 0 Å². The molecule has 0 atom stereocenters. The second-order valence-corrected chi connectivity index (χ2v) is 9.73. The van der Waals surface area contributed by atoms with Crippen molar-refractivity contribution in [1.82, 2.24) is 0 Å². The summed E-state index contributed by atoms with van der Waals surface area (Å²) in [4.78, 5) is 27.5. The Hall–Kier alpha value is -4.17. The van der Waals surface area contributed by atoms with Crippen molar-refractivity contribution in [2.24, 2.45) is 0 Å². The van der Waals surface area contributed by atoms with E-state index in [0.717, 1.165) is 29.2 Å². The highest BCUT2D eigenvalue weighted by Crippen LogP contribution is 2.51. The molecule has 0 aromatic heterocycles. The topological polar surface area (TPSA) is 40.6 Å². The number of anilines is 2. The molecule has 0 spiro atoms. The number of hydrogen-bond donors (Lipinski definition) is 0. The van der Waals surface area contributed by atoms with Gasteiger partial charge in [0, 0.05) is 31.3 Å². The van der Waals surface area contributed by atoms with Gasteiger partial charge < -0.3 is 4.90 Å². The van der Waals surface area contributed by atoms with Crippen LogP contribution >= 0.6 is 0 Å². The van der Waals surface area contributed by atoms with E-state index in [2.05, 4.69) is 0 Å². The van der Waals surface area contributed by atoms with Gasteiger partial charge in [0.15, 0.2) is 0 Å². The third-order valence-electron chi connectivity index (χ3n) is 7.01. The van der Waals surface area contributed by atoms with Gasteiger partial charge in [-0.3, -0.25) is 9.59 Å². The predicted molar refractivity (Wildman–Crippen MR) is 125 cm³/mol. The first kappa shape index (κ1) is 29.3. The van der Waals surface area contributed by atoms with E-state index >= 15 is 0 Å². The van der Waals surface area contributed by atoms with Crippen molar-refractivity contribution in [1.29, 1.82) is 0 Å². The minimum Gasteiger partial charge on any atom is -0.363 e. The van der Waals surface area contributed by atoms with Crippen molar-refractivity contribution in [2.75, 3.05) is 9.80 Å². The molecule has 42 heavy (non-hydrogen) atoms. The Bertz CT molecular complexity index is 1540. The second-order valence-electron chi connectivity index (χ2n) is 9.73. The smallest absolute Gasteiger partial charge is 0.363 e. The summed E-state index contributed by atoms with van der Waals surface area (Å²) in [5.74, 6) is -6.84. The summed E-state index contributed by atoms with van der Waals surface area (Å²) in [6, 6.07) is 6.13. The van der Waals surface area contributed by atoms with Crippen LogP contribution in [0.3, 0.4) is 0 Å². The molecule has 2 aliphatic rings. The highest BCUT2D eigenvalue weighted by molar-refractivity contribution is 6.35. The Morgan fingerprint density at radius 1 is 0.548 bits per heavy atom. The number of carbonyl (C=O) groups is 2. The molecule has 222 valence electrons. The maximum absolute atomic E-state index is 14.5. The van der Waals surface area contributed by atoms with Gasteiger partial charge in [-0.05, 0) is 47.5 Å². The van der Waals surface area contributed by atoms with Crippen molar-refractivity contribution in [3.8, 4) is 0 Å². The van der Waals surface area contributed by atoms with Crippen LogP contribution in [0.15, 0.2) is 48.5 Å². The molecule has 3 aromatic rings. The lowest BCUT2D eigenvalue weighted by molar-refractivity contribution is -0.142. The van der Waals surface area contributed by atoms with E-state index < -0.39 is 99.6 Å². The molecule has 0 radical (unpaired) electrons. The Morgan fingerprint density at radius 2 is 0.929 bits per heavy atom. The number of nitrogens with zero attached hydrogens (tertiary/aromatic N) is 2. The zero-order valence-corrected chi connectivity index (χ0v) is 20.9. The van der Waals surface area contributed by atoms with E-state index in [1.807, 2.05) is 0 Å². The molecule has 2 heterocycles. The molecule has 2 aliphatic heterocycles. The Kier molecular flexibility index (Phi) is 6.40. The first-order valence-electron chi connectivity index (χ1n) is 11.9. The minimum atomic E-state index is -5.44. The van der Waals surface area contributed by atoms with Crippen LogP contribution in [0, 0.1) is 0 Å². The fourth-order valence-electron chi connectivity index (χ4n) is 5.19. The molecular formula is C27H15F11N2O2. The number of imide groups is 1. The lowest BCUT2D eigenvalue weighted by Crippen LogP contribution is -2.30. The zero-order chi connectivity index (χ0) is 31.2. The average molecular weight is 608 g/mol. The molecule has 0 aliphatic carbocycles. The molecule has 0 saturated carbocycles. The zero-order valence-electron chi connectivity index (χ0n) is 20.9. The van der Waals surface area contributed by atoms with Gasteiger partial charge in [-0.15, -0.1) is 0 Å². The van der Waals surface area contributed by atoms with Crippen LogP contribution in [0.5, 0.6) is 0 Å². The maximum Gasteiger partial charge on any atom is 0.417 e. The number of rotatable bonds is 3. The van der Waals surface area contributed by atoms with Gasteiger partial charge in [-0.25, -0.2) is 13.7 Å². The fraction of sp³-hybridized carbons (Fsp3) is 0.259. The van der Waals surface area contributed by atoms with E-state index in [1.54, 1.807) is 0 Å². The summed E-state index contributed by atoms with van der Waals surface area (Å²) in [7, 11) is 0. The van der Waals surface area contributed by atoms with Crippen molar-refractivity contribution in [2.45, 2.75) is 44.5 Å². The summed E-state index contributed by atoms with van der Waals surface area (Å²) in [6.45, 7) is -1.03. The summed E-state index contributed by atoms with van der Waals surface area (Å²) >= 11 is 0. The number of fused-ring (bicyclic) bond motifs is 2. The van der Waals surface area contributed by atoms with E-state index in [1.165, 1.54) is 0 Å². The molecule has 2 amide bonds. The quantitative estimate of drug-likeness (QED) is 0.223. The fourth-order valence-corrected chi connectivity index (χ4v) is 5.19. The van der Waals surface area contributed by atoms with Crippen LogP contribution in [-0.2, 0) is 37.5 Å². The van der Waals surface area contributed by atoms with Crippen molar-refractivity contribution in [3.63, 3.8) is 0 Å². The summed E-state index contributed by atoms with van der Waals surface area (Å²) in [5.41, 5.74) is -10.9. The van der Waals surface area contributed by atoms with Crippen molar-refractivity contribution in [3.05, 3.63) is 93.0 Å². The molecule has 15 heteroatoms. The van der Waals surface area contributed by atoms with Crippen LogP contribution in [0.4, 0.5) is 59.7 Å². The Morgan fingerprint density at radius 3 is 1.29 bits per heavy atom. The number of amides is 2. The molecule has 0 N–H and O–H groups in total. The van der Waals surface area contributed by atoms with Crippen LogP contribution in [-0.4, -0.2) is 11.8 Å². The molecule has 0 fully saturated rings. The van der Waals surface area contributed by atoms with E-state index in [-0.39, 0.29) is 10.6 Å². The highest BCUT2D eigenvalue weighted by atomic mass is 19.4. The van der Waals surface area contributed by atoms with E-state index in [4.69, 9.17) is 0 Å². The minimum absolute atomic E-state index is 0.00430. The molecule has 3 aromatic carbocycles. The number of alkyl halides is 11. The first-order chi connectivity index (χ1) is 19.2. The molecule has 0 saturated heterocycles. The summed E-state index contributed by atoms with van der Waals surface area (Å²) in [5, 5.41) is 0. The number of carbonyl (C=O) groups excluding carboxylic acids is 2. The predicted octanol–water partition coefficient (Wildman–Crippen LogP) is 8.18. The Labute approximate surface area is 228 Å². The lowest BCUT2D eigenvalue weighted by atomic mass is 9.88. The van der Waals surface area contributed by atoms with E-state index in [0.29, 0.717) is 31.2 Å². The van der Waals surface area contributed by atoms with Crippen molar-refractivity contribution >= 4 is 23.2 Å². The van der Waals surface area contributed by atoms with Gasteiger partial charge in [0.05, 0.1) is 33.5 Å². The largest absolute Gasteiger partial charge is 0.417 e. The molecular weight excluding hydrogens is 593 g/mol. The normalized spacial score (nSPS) is 15.9. The van der Waals surface area contributed by atoms with E-state index in [9.17, 15) is 57.9 Å². The van der Waals surface area contributed by atoms with Gasteiger partial charge >= 0.3 is 18.5 Å². The first-order valence-corrected chi connectivity index (χ1v) is 11.9. The number of benzene rings is 3. The summed E-state index contributed by atoms with van der Waals surface area (Å²) in [6.07, 6.45) is -15.7. The van der Waals surface area contributed by atoms with Gasteiger partial charge in [-0.1, -0.05) is 12.1 Å². The van der Waals surface area contributed by atoms with Crippen LogP contribution in [0.2, 0.25) is 0 Å². The summed E-state index contributed by atoms with van der Waals surface area (Å²) < 4.78 is 153. The third-order valence-corrected chi connectivity index (χ3v) is 7.01. The SMILES string of the molecule is CC(F)(F)c1ccc(N2Cc3c(c(C(F)(F)F)c4c(c3C(F)(F)F)C(=O)N(c3ccc(C(F)(F)F)cc3)C4=O)C2)cc1. The molecule has 0 bridgehead atoms. The van der Waals surface area contributed by atoms with Gasteiger partial charge in [0.25, 0.3) is 17.7 Å². The Balaban J connectivity index is 1.68. The molecule has 0 unspecified atom stereocenters. The average Bonchev–Trinajstić information content (AvgIpc) is 3.39.